The van der Waals surface area contributed by atoms with Gasteiger partial charge in [0.2, 0.25) is 0 Å². The molecular weight excluding hydrogens is 216 g/mol. The van der Waals surface area contributed by atoms with Crippen molar-refractivity contribution in [2.75, 3.05) is 7.05 Å². The summed E-state index contributed by atoms with van der Waals surface area (Å²) in [5.74, 6) is 1.34. The molecule has 1 aromatic heterocycles. The van der Waals surface area contributed by atoms with Gasteiger partial charge in [-0.3, -0.25) is 5.41 Å². The molecule has 1 aliphatic rings. The minimum Gasteiger partial charge on any atom is -0.356 e. The second kappa shape index (κ2) is 5.00. The first-order chi connectivity index (χ1) is 7.70. The summed E-state index contributed by atoms with van der Waals surface area (Å²) in [4.78, 5) is 3.49. The van der Waals surface area contributed by atoms with Gasteiger partial charge in [0.1, 0.15) is 0 Å². The maximum atomic E-state index is 8.26. The standard InChI is InChI=1S/C13H20N2S/c1-10(12-8-5-9-16-12)15(2)13(14)11-6-3-4-7-11/h5,8-11,14H,3-4,6-7H2,1-2H3. The molecule has 1 heterocycles. The van der Waals surface area contributed by atoms with Crippen molar-refractivity contribution in [3.63, 3.8) is 0 Å². The molecule has 1 aliphatic carbocycles. The number of nitrogens with zero attached hydrogens (tertiary/aromatic N) is 1. The van der Waals surface area contributed by atoms with Gasteiger partial charge < -0.3 is 4.90 Å². The van der Waals surface area contributed by atoms with Crippen LogP contribution in [0.25, 0.3) is 0 Å². The molecule has 88 valence electrons. The zero-order valence-corrected chi connectivity index (χ0v) is 10.9. The molecule has 0 aromatic carbocycles. The van der Waals surface area contributed by atoms with Crippen LogP contribution < -0.4 is 0 Å². The summed E-state index contributed by atoms with van der Waals surface area (Å²) in [6.45, 7) is 2.19. The van der Waals surface area contributed by atoms with Gasteiger partial charge in [-0.25, -0.2) is 0 Å². The molecule has 1 saturated carbocycles. The Morgan fingerprint density at radius 3 is 2.75 bits per heavy atom. The van der Waals surface area contributed by atoms with Gasteiger partial charge in [0, 0.05) is 17.8 Å². The lowest BCUT2D eigenvalue weighted by atomic mass is 10.1. The molecular formula is C13H20N2S. The fraction of sp³-hybridized carbons (Fsp3) is 0.615. The van der Waals surface area contributed by atoms with Crippen molar-refractivity contribution >= 4 is 17.2 Å². The summed E-state index contributed by atoms with van der Waals surface area (Å²) < 4.78 is 0. The highest BCUT2D eigenvalue weighted by molar-refractivity contribution is 7.10. The Hall–Kier alpha value is -0.830. The lowest BCUT2D eigenvalue weighted by Crippen LogP contribution is -2.33. The fourth-order valence-electron chi connectivity index (χ4n) is 2.42. The van der Waals surface area contributed by atoms with Crippen molar-refractivity contribution in [1.82, 2.24) is 4.90 Å². The Morgan fingerprint density at radius 1 is 1.50 bits per heavy atom. The number of hydrogen-bond donors (Lipinski definition) is 1. The van der Waals surface area contributed by atoms with E-state index >= 15 is 0 Å². The zero-order valence-electron chi connectivity index (χ0n) is 10.1. The minimum atomic E-state index is 0.341. The number of rotatable bonds is 3. The average Bonchev–Trinajstić information content (AvgIpc) is 2.97. The molecule has 2 rings (SSSR count). The minimum absolute atomic E-state index is 0.341. The third kappa shape index (κ3) is 2.29. The fourth-order valence-corrected chi connectivity index (χ4v) is 3.24. The summed E-state index contributed by atoms with van der Waals surface area (Å²) >= 11 is 1.78. The van der Waals surface area contributed by atoms with Crippen LogP contribution in [0.15, 0.2) is 17.5 Å². The molecule has 1 atom stereocenters. The van der Waals surface area contributed by atoms with Crippen LogP contribution in [-0.4, -0.2) is 17.8 Å². The molecule has 0 spiro atoms. The Kier molecular flexibility index (Phi) is 3.64. The lowest BCUT2D eigenvalue weighted by Gasteiger charge is -2.29. The van der Waals surface area contributed by atoms with Crippen LogP contribution in [0.2, 0.25) is 0 Å². The highest BCUT2D eigenvalue weighted by Crippen LogP contribution is 2.30. The molecule has 3 heteroatoms. The smallest absolute Gasteiger partial charge is 0.0992 e. The Morgan fingerprint density at radius 2 is 2.19 bits per heavy atom. The zero-order chi connectivity index (χ0) is 11.5. The SMILES string of the molecule is CC(c1cccs1)N(C)C(=N)C1CCCC1. The Bertz CT molecular complexity index is 339. The molecule has 0 aliphatic heterocycles. The molecule has 2 nitrogen and oxygen atoms in total. The summed E-state index contributed by atoms with van der Waals surface area (Å²) in [5, 5.41) is 10.4. The van der Waals surface area contributed by atoms with Crippen LogP contribution in [0.3, 0.4) is 0 Å². The number of amidine groups is 1. The summed E-state index contributed by atoms with van der Waals surface area (Å²) in [5.41, 5.74) is 0. The van der Waals surface area contributed by atoms with Crippen molar-refractivity contribution in [3.05, 3.63) is 22.4 Å². The largest absolute Gasteiger partial charge is 0.356 e. The van der Waals surface area contributed by atoms with E-state index in [1.54, 1.807) is 11.3 Å². The number of hydrogen-bond acceptors (Lipinski definition) is 2. The van der Waals surface area contributed by atoms with E-state index in [2.05, 4.69) is 36.4 Å². The molecule has 1 fully saturated rings. The van der Waals surface area contributed by atoms with Crippen LogP contribution >= 0.6 is 11.3 Å². The summed E-state index contributed by atoms with van der Waals surface area (Å²) in [7, 11) is 2.06. The topological polar surface area (TPSA) is 27.1 Å². The van der Waals surface area contributed by atoms with E-state index in [1.807, 2.05) is 0 Å². The van der Waals surface area contributed by atoms with E-state index in [4.69, 9.17) is 5.41 Å². The third-order valence-corrected chi connectivity index (χ3v) is 4.70. The quantitative estimate of drug-likeness (QED) is 0.625. The van der Waals surface area contributed by atoms with Crippen molar-refractivity contribution < 1.29 is 0 Å². The van der Waals surface area contributed by atoms with Gasteiger partial charge in [-0.05, 0) is 31.2 Å². The number of nitrogens with one attached hydrogen (secondary N) is 1. The Labute approximate surface area is 102 Å². The molecule has 0 saturated heterocycles. The van der Waals surface area contributed by atoms with Crippen molar-refractivity contribution in [1.29, 1.82) is 5.41 Å². The van der Waals surface area contributed by atoms with Gasteiger partial charge in [-0.2, -0.15) is 0 Å². The maximum absolute atomic E-state index is 8.26. The van der Waals surface area contributed by atoms with Crippen molar-refractivity contribution in [2.45, 2.75) is 38.6 Å². The van der Waals surface area contributed by atoms with Gasteiger partial charge in [0.15, 0.2) is 0 Å². The van der Waals surface area contributed by atoms with Crippen LogP contribution in [0.1, 0.15) is 43.5 Å². The highest BCUT2D eigenvalue weighted by atomic mass is 32.1. The summed E-state index contributed by atoms with van der Waals surface area (Å²) in [6, 6.07) is 4.59. The molecule has 1 unspecified atom stereocenters. The predicted octanol–water partition coefficient (Wildman–Crippen LogP) is 3.91. The molecule has 1 N–H and O–H groups in total. The monoisotopic (exact) mass is 236 g/mol. The van der Waals surface area contributed by atoms with E-state index in [-0.39, 0.29) is 0 Å². The van der Waals surface area contributed by atoms with E-state index in [9.17, 15) is 0 Å². The van der Waals surface area contributed by atoms with E-state index in [0.29, 0.717) is 12.0 Å². The summed E-state index contributed by atoms with van der Waals surface area (Å²) in [6.07, 6.45) is 5.02. The molecule has 0 amide bonds. The number of thiophene rings is 1. The molecule has 16 heavy (non-hydrogen) atoms. The van der Waals surface area contributed by atoms with Gasteiger partial charge in [-0.15, -0.1) is 11.3 Å². The van der Waals surface area contributed by atoms with E-state index in [0.717, 1.165) is 5.84 Å². The molecule has 0 radical (unpaired) electrons. The highest BCUT2D eigenvalue weighted by Gasteiger charge is 2.25. The first-order valence-corrected chi connectivity index (χ1v) is 6.93. The first-order valence-electron chi connectivity index (χ1n) is 6.05. The predicted molar refractivity (Wildman–Crippen MR) is 70.2 cm³/mol. The van der Waals surface area contributed by atoms with Gasteiger partial charge >= 0.3 is 0 Å². The third-order valence-electron chi connectivity index (χ3n) is 3.66. The normalized spacial score (nSPS) is 18.6. The van der Waals surface area contributed by atoms with E-state index in [1.165, 1.54) is 30.6 Å². The van der Waals surface area contributed by atoms with Crippen LogP contribution in [0.5, 0.6) is 0 Å². The Balaban J connectivity index is 2.01. The van der Waals surface area contributed by atoms with Gasteiger partial charge in [0.05, 0.1) is 11.9 Å². The van der Waals surface area contributed by atoms with Gasteiger partial charge in [0.25, 0.3) is 0 Å². The van der Waals surface area contributed by atoms with Crippen LogP contribution in [0.4, 0.5) is 0 Å². The van der Waals surface area contributed by atoms with Crippen molar-refractivity contribution in [3.8, 4) is 0 Å². The first kappa shape index (κ1) is 11.6. The average molecular weight is 236 g/mol. The second-order valence-corrected chi connectivity index (χ2v) is 5.65. The van der Waals surface area contributed by atoms with E-state index < -0.39 is 0 Å². The molecule has 0 bridgehead atoms. The van der Waals surface area contributed by atoms with Crippen LogP contribution in [0, 0.1) is 11.3 Å². The van der Waals surface area contributed by atoms with Crippen LogP contribution in [-0.2, 0) is 0 Å². The molecule has 1 aromatic rings. The maximum Gasteiger partial charge on any atom is 0.0992 e. The lowest BCUT2D eigenvalue weighted by molar-refractivity contribution is 0.379. The second-order valence-electron chi connectivity index (χ2n) is 4.67. The van der Waals surface area contributed by atoms with Gasteiger partial charge in [-0.1, -0.05) is 18.9 Å². The van der Waals surface area contributed by atoms with Crippen molar-refractivity contribution in [2.24, 2.45) is 5.92 Å².